The van der Waals surface area contributed by atoms with Gasteiger partial charge in [0.25, 0.3) is 0 Å². The molecule has 8 aromatic carbocycles. The normalized spacial score (nSPS) is 12.0. The van der Waals surface area contributed by atoms with Gasteiger partial charge in [0, 0.05) is 49.8 Å². The average Bonchev–Trinajstić information content (AvgIpc) is 3.83. The van der Waals surface area contributed by atoms with Crippen LogP contribution in [0.2, 0.25) is 0 Å². The van der Waals surface area contributed by atoms with Crippen LogP contribution in [0.1, 0.15) is 0 Å². The lowest BCUT2D eigenvalue weighted by atomic mass is 10.1. The Balaban J connectivity index is 1.11. The van der Waals surface area contributed by atoms with Crippen LogP contribution in [0.5, 0.6) is 0 Å². The molecule has 0 atom stereocenters. The molecule has 0 saturated heterocycles. The van der Waals surface area contributed by atoms with Crippen molar-refractivity contribution in [2.75, 3.05) is 4.90 Å². The minimum atomic E-state index is 0.622. The zero-order valence-corrected chi connectivity index (χ0v) is 31.8. The van der Waals surface area contributed by atoms with E-state index in [1.165, 1.54) is 21.7 Å². The number of nitrogens with zero attached hydrogens (tertiary/aromatic N) is 6. The lowest BCUT2D eigenvalue weighted by molar-refractivity contribution is 1.07. The molecule has 0 fully saturated rings. The highest BCUT2D eigenvalue weighted by Gasteiger charge is 2.28. The third-order valence-electron chi connectivity index (χ3n) is 11.5. The van der Waals surface area contributed by atoms with E-state index >= 15 is 0 Å². The number of hydrogen-bond acceptors (Lipinski definition) is 4. The van der Waals surface area contributed by atoms with E-state index in [4.69, 9.17) is 15.0 Å². The van der Waals surface area contributed by atoms with Gasteiger partial charge in [-0.05, 0) is 60.7 Å². The Hall–Kier alpha value is -8.09. The summed E-state index contributed by atoms with van der Waals surface area (Å²) in [6, 6.07) is 72.8. The van der Waals surface area contributed by atoms with E-state index in [-0.39, 0.29) is 0 Å². The van der Waals surface area contributed by atoms with Crippen LogP contribution >= 0.6 is 0 Å². The van der Waals surface area contributed by atoms with E-state index in [0.717, 1.165) is 67.4 Å². The summed E-state index contributed by atoms with van der Waals surface area (Å²) in [5, 5.41) is 3.57. The number of benzene rings is 8. The molecule has 59 heavy (non-hydrogen) atoms. The fourth-order valence-electron chi connectivity index (χ4n) is 8.90. The number of hydrogen-bond donors (Lipinski definition) is 0. The molecule has 0 N–H and O–H groups in total. The molecule has 0 amide bonds. The van der Waals surface area contributed by atoms with E-state index in [1.54, 1.807) is 0 Å². The van der Waals surface area contributed by atoms with Crippen molar-refractivity contribution in [1.82, 2.24) is 24.1 Å². The van der Waals surface area contributed by atoms with Crippen LogP contribution in [0.4, 0.5) is 17.1 Å². The van der Waals surface area contributed by atoms with Gasteiger partial charge >= 0.3 is 0 Å². The first-order valence-electron chi connectivity index (χ1n) is 19.9. The molecule has 1 aliphatic heterocycles. The lowest BCUT2D eigenvalue weighted by Crippen LogP contribution is -2.11. The van der Waals surface area contributed by atoms with E-state index in [1.807, 2.05) is 60.7 Å². The molecular formula is C53H34N6. The van der Waals surface area contributed by atoms with Crippen LogP contribution < -0.4 is 4.90 Å². The predicted octanol–water partition coefficient (Wildman–Crippen LogP) is 13.4. The maximum absolute atomic E-state index is 5.08. The highest BCUT2D eigenvalue weighted by molar-refractivity contribution is 6.19. The van der Waals surface area contributed by atoms with Crippen LogP contribution in [-0.4, -0.2) is 24.1 Å². The second-order valence-corrected chi connectivity index (χ2v) is 14.9. The SMILES string of the molecule is c1ccc(-c2nc(-c3ccccc3)nc(-c3cccc(-n4c5ccccc5c5ccc6c(cc7n6-c6ccccc6N(c6ccccc6)c6ccccc6-7)c54)c3)n2)cc1. The molecule has 4 heterocycles. The summed E-state index contributed by atoms with van der Waals surface area (Å²) >= 11 is 0. The third-order valence-corrected chi connectivity index (χ3v) is 11.5. The molecule has 0 unspecified atom stereocenters. The van der Waals surface area contributed by atoms with E-state index in [2.05, 4.69) is 160 Å². The fourth-order valence-corrected chi connectivity index (χ4v) is 8.90. The maximum atomic E-state index is 5.08. The first-order valence-corrected chi connectivity index (χ1v) is 19.9. The quantitative estimate of drug-likeness (QED) is 0.176. The zero-order valence-electron chi connectivity index (χ0n) is 31.8. The molecule has 11 aromatic rings. The van der Waals surface area contributed by atoms with Crippen molar-refractivity contribution >= 4 is 49.8 Å². The third kappa shape index (κ3) is 5.24. The number of fused-ring (bicyclic) bond motifs is 11. The molecule has 0 aliphatic carbocycles. The van der Waals surface area contributed by atoms with E-state index < -0.39 is 0 Å². The van der Waals surface area contributed by atoms with Crippen molar-refractivity contribution in [3.8, 4) is 56.8 Å². The molecule has 6 heteroatoms. The molecule has 1 aliphatic rings. The van der Waals surface area contributed by atoms with Gasteiger partial charge in [-0.25, -0.2) is 15.0 Å². The monoisotopic (exact) mass is 754 g/mol. The molecule has 0 radical (unpaired) electrons. The summed E-state index contributed by atoms with van der Waals surface area (Å²) < 4.78 is 4.87. The Morgan fingerprint density at radius 1 is 0.322 bits per heavy atom. The zero-order chi connectivity index (χ0) is 38.9. The van der Waals surface area contributed by atoms with Gasteiger partial charge < -0.3 is 14.0 Å². The Kier molecular flexibility index (Phi) is 7.43. The fraction of sp³-hybridized carbons (Fsp3) is 0. The van der Waals surface area contributed by atoms with Crippen LogP contribution in [0.15, 0.2) is 206 Å². The van der Waals surface area contributed by atoms with Gasteiger partial charge in [-0.1, -0.05) is 146 Å². The Morgan fingerprint density at radius 3 is 1.59 bits per heavy atom. The Morgan fingerprint density at radius 2 is 0.864 bits per heavy atom. The molecule has 0 spiro atoms. The summed E-state index contributed by atoms with van der Waals surface area (Å²) in [4.78, 5) is 17.5. The highest BCUT2D eigenvalue weighted by Crippen LogP contribution is 2.50. The lowest BCUT2D eigenvalue weighted by Gasteiger charge is -2.26. The maximum Gasteiger partial charge on any atom is 0.164 e. The first kappa shape index (κ1) is 33.1. The Bertz CT molecular complexity index is 3330. The summed E-state index contributed by atoms with van der Waals surface area (Å²) in [6.07, 6.45) is 0. The highest BCUT2D eigenvalue weighted by atomic mass is 15.2. The van der Waals surface area contributed by atoms with Crippen molar-refractivity contribution in [3.05, 3.63) is 206 Å². The second kappa shape index (κ2) is 13.3. The topological polar surface area (TPSA) is 51.8 Å². The van der Waals surface area contributed by atoms with Crippen molar-refractivity contribution in [3.63, 3.8) is 0 Å². The minimum absolute atomic E-state index is 0.622. The van der Waals surface area contributed by atoms with E-state index in [0.29, 0.717) is 17.5 Å². The van der Waals surface area contributed by atoms with Crippen LogP contribution in [-0.2, 0) is 0 Å². The largest absolute Gasteiger partial charge is 0.309 e. The van der Waals surface area contributed by atoms with Gasteiger partial charge in [0.05, 0.1) is 39.3 Å². The van der Waals surface area contributed by atoms with Crippen molar-refractivity contribution in [1.29, 1.82) is 0 Å². The van der Waals surface area contributed by atoms with Crippen LogP contribution in [0.25, 0.3) is 89.5 Å². The summed E-state index contributed by atoms with van der Waals surface area (Å²) in [7, 11) is 0. The number of para-hydroxylation sites is 5. The molecule has 3 aromatic heterocycles. The van der Waals surface area contributed by atoms with Gasteiger partial charge in [0.2, 0.25) is 0 Å². The summed E-state index contributed by atoms with van der Waals surface area (Å²) in [5.74, 6) is 1.90. The molecule has 0 saturated carbocycles. The Labute approximate surface area is 340 Å². The van der Waals surface area contributed by atoms with Crippen LogP contribution in [0, 0.1) is 0 Å². The molecule has 12 rings (SSSR count). The van der Waals surface area contributed by atoms with E-state index in [9.17, 15) is 0 Å². The summed E-state index contributed by atoms with van der Waals surface area (Å²) in [6.45, 7) is 0. The smallest absolute Gasteiger partial charge is 0.164 e. The van der Waals surface area contributed by atoms with Gasteiger partial charge in [-0.2, -0.15) is 0 Å². The van der Waals surface area contributed by atoms with Crippen molar-refractivity contribution < 1.29 is 0 Å². The standard InChI is InChI=1S/C53H34N6/c1-4-17-35(18-5-1)51-54-52(36-19-6-2-7-20-36)56-53(55-51)37-21-16-24-39(33-37)58-44-27-12-10-25-40(44)41-31-32-46-43(50(41)58)34-49-42-26-11-13-28-45(42)57(38-22-8-3-9-23-38)47-29-14-15-30-48(47)59(46)49/h1-34H. The van der Waals surface area contributed by atoms with Crippen molar-refractivity contribution in [2.45, 2.75) is 0 Å². The average molecular weight is 755 g/mol. The number of aromatic nitrogens is 5. The minimum Gasteiger partial charge on any atom is -0.309 e. The number of rotatable bonds is 5. The molecular weight excluding hydrogens is 721 g/mol. The predicted molar refractivity (Wildman–Crippen MR) is 241 cm³/mol. The first-order chi connectivity index (χ1) is 29.3. The molecule has 6 nitrogen and oxygen atoms in total. The summed E-state index contributed by atoms with van der Waals surface area (Å²) in [5.41, 5.74) is 14.1. The number of anilines is 3. The van der Waals surface area contributed by atoms with Gasteiger partial charge in [0.1, 0.15) is 0 Å². The van der Waals surface area contributed by atoms with Crippen LogP contribution in [0.3, 0.4) is 0 Å². The van der Waals surface area contributed by atoms with Gasteiger partial charge in [0.15, 0.2) is 17.5 Å². The van der Waals surface area contributed by atoms with Crippen molar-refractivity contribution in [2.24, 2.45) is 0 Å². The second-order valence-electron chi connectivity index (χ2n) is 14.9. The molecule has 0 bridgehead atoms. The van der Waals surface area contributed by atoms with Gasteiger partial charge in [-0.15, -0.1) is 0 Å². The van der Waals surface area contributed by atoms with Gasteiger partial charge in [-0.3, -0.25) is 0 Å². The molecule has 276 valence electrons.